The molecule has 1 aromatic rings. The van der Waals surface area contributed by atoms with E-state index in [0.717, 1.165) is 11.8 Å². The lowest BCUT2D eigenvalue weighted by Gasteiger charge is -2.30. The number of thioether (sulfide) groups is 1. The molecule has 1 unspecified atom stereocenters. The van der Waals surface area contributed by atoms with Crippen molar-refractivity contribution in [3.8, 4) is 0 Å². The lowest BCUT2D eigenvalue weighted by molar-refractivity contribution is -0.160. The third-order valence-electron chi connectivity index (χ3n) is 2.46. The molecule has 0 fully saturated rings. The van der Waals surface area contributed by atoms with Crippen molar-refractivity contribution >= 4 is 41.4 Å². The number of aliphatic carboxylic acids is 1. The summed E-state index contributed by atoms with van der Waals surface area (Å²) in [6.45, 7) is 5.21. The fraction of sp³-hybridized carbons (Fsp3) is 0.429. The molecule has 1 aromatic carbocycles. The van der Waals surface area contributed by atoms with Crippen molar-refractivity contribution in [2.24, 2.45) is 0 Å². The van der Waals surface area contributed by atoms with E-state index in [2.05, 4.69) is 5.32 Å². The third kappa shape index (κ3) is 5.75. The number of nitrogen functional groups attached to an aromatic ring is 1. The van der Waals surface area contributed by atoms with Gasteiger partial charge < -0.3 is 20.9 Å². The number of carboxylic acids is 1. The first-order valence-corrected chi connectivity index (χ1v) is 7.72. The highest BCUT2D eigenvalue weighted by molar-refractivity contribution is 8.00. The molecule has 6 nitrogen and oxygen atoms in total. The van der Waals surface area contributed by atoms with Gasteiger partial charge in [-0.15, -0.1) is 0 Å². The monoisotopic (exact) mass is 346 g/mol. The zero-order valence-electron chi connectivity index (χ0n) is 12.5. The molecule has 0 heterocycles. The summed E-state index contributed by atoms with van der Waals surface area (Å²) in [7, 11) is 0. The smallest absolute Gasteiger partial charge is 0.335 e. The summed E-state index contributed by atoms with van der Waals surface area (Å²) in [4.78, 5) is 22.9. The Morgan fingerprint density at radius 3 is 2.59 bits per heavy atom. The van der Waals surface area contributed by atoms with Crippen LogP contribution < -0.4 is 11.1 Å². The van der Waals surface area contributed by atoms with E-state index in [1.54, 1.807) is 39.0 Å². The van der Waals surface area contributed by atoms with Gasteiger partial charge in [0, 0.05) is 15.6 Å². The van der Waals surface area contributed by atoms with Gasteiger partial charge in [0.15, 0.2) is 6.10 Å². The summed E-state index contributed by atoms with van der Waals surface area (Å²) in [5, 5.41) is 11.5. The van der Waals surface area contributed by atoms with Crippen LogP contribution in [0.5, 0.6) is 0 Å². The van der Waals surface area contributed by atoms with Crippen LogP contribution in [0.4, 0.5) is 5.69 Å². The number of amides is 1. The van der Waals surface area contributed by atoms with Gasteiger partial charge in [-0.05, 0) is 39.0 Å². The van der Waals surface area contributed by atoms with E-state index in [4.69, 9.17) is 22.1 Å². The highest BCUT2D eigenvalue weighted by atomic mass is 35.5. The average molecular weight is 347 g/mol. The summed E-state index contributed by atoms with van der Waals surface area (Å²) in [5.41, 5.74) is 5.58. The Bertz CT molecular complexity index is 548. The highest BCUT2D eigenvalue weighted by Crippen LogP contribution is 2.32. The summed E-state index contributed by atoms with van der Waals surface area (Å²) >= 11 is 6.93. The van der Waals surface area contributed by atoms with Crippen molar-refractivity contribution in [3.63, 3.8) is 0 Å². The van der Waals surface area contributed by atoms with Crippen LogP contribution >= 0.6 is 23.4 Å². The summed E-state index contributed by atoms with van der Waals surface area (Å²) in [6.07, 6.45) is -0.795. The number of hydrogen-bond acceptors (Lipinski definition) is 5. The Kier molecular flexibility index (Phi) is 6.52. The van der Waals surface area contributed by atoms with E-state index < -0.39 is 23.0 Å². The lowest BCUT2D eigenvalue weighted by Crippen LogP contribution is -2.46. The van der Waals surface area contributed by atoms with Crippen molar-refractivity contribution in [3.05, 3.63) is 23.2 Å². The minimum absolute atomic E-state index is 0.398. The number of halogens is 1. The van der Waals surface area contributed by atoms with E-state index in [-0.39, 0.29) is 0 Å². The second kappa shape index (κ2) is 7.71. The molecular weight excluding hydrogens is 328 g/mol. The topological polar surface area (TPSA) is 102 Å². The Hall–Kier alpha value is -1.44. The Morgan fingerprint density at radius 1 is 1.50 bits per heavy atom. The quantitative estimate of drug-likeness (QED) is 0.303. The Morgan fingerprint density at radius 2 is 2.14 bits per heavy atom. The van der Waals surface area contributed by atoms with Crippen LogP contribution in [0, 0.1) is 0 Å². The second-order valence-electron chi connectivity index (χ2n) is 5.49. The fourth-order valence-electron chi connectivity index (χ4n) is 1.64. The Balaban J connectivity index is 3.03. The normalized spacial score (nSPS) is 14.2. The standard InChI is InChI=1S/C14H19ClN2O4S/c1-14(2,3)21-11(13(19)20)12(17-7-18)22-10-5-4-8(15)6-9(10)16/h4-7,11-12H,16H2,1-3H3,(H,17,18)(H,19,20)/t11?,12-/m1/s1. The van der Waals surface area contributed by atoms with Gasteiger partial charge in [0.05, 0.1) is 5.60 Å². The first kappa shape index (κ1) is 18.6. The van der Waals surface area contributed by atoms with Gasteiger partial charge in [-0.25, -0.2) is 4.79 Å². The molecule has 22 heavy (non-hydrogen) atoms. The number of carboxylic acid groups (broad SMARTS) is 1. The van der Waals surface area contributed by atoms with E-state index in [1.165, 1.54) is 0 Å². The molecule has 0 aliphatic carbocycles. The molecule has 2 atom stereocenters. The van der Waals surface area contributed by atoms with Crippen LogP contribution in [0.3, 0.4) is 0 Å². The molecule has 4 N–H and O–H groups in total. The van der Waals surface area contributed by atoms with Crippen LogP contribution in [0.2, 0.25) is 5.02 Å². The number of ether oxygens (including phenoxy) is 1. The van der Waals surface area contributed by atoms with Gasteiger partial charge in [0.2, 0.25) is 6.41 Å². The zero-order valence-corrected chi connectivity index (χ0v) is 14.1. The molecule has 0 bridgehead atoms. The number of benzene rings is 1. The summed E-state index contributed by atoms with van der Waals surface area (Å²) in [6, 6.07) is 4.86. The number of carbonyl (C=O) groups is 2. The molecular formula is C14H19ClN2O4S. The molecule has 0 saturated heterocycles. The number of rotatable bonds is 7. The number of hydrogen-bond donors (Lipinski definition) is 3. The third-order valence-corrected chi connectivity index (χ3v) is 3.95. The fourth-order valence-corrected chi connectivity index (χ4v) is 2.85. The first-order chi connectivity index (χ1) is 10.1. The maximum atomic E-state index is 11.5. The SMILES string of the molecule is CC(C)(C)OC(C(=O)O)[C@H](NC=O)Sc1ccc(Cl)cc1N. The van der Waals surface area contributed by atoms with E-state index in [9.17, 15) is 14.7 Å². The summed E-state index contributed by atoms with van der Waals surface area (Å²) < 4.78 is 5.54. The summed E-state index contributed by atoms with van der Waals surface area (Å²) in [5.74, 6) is -1.17. The molecule has 1 rings (SSSR count). The molecule has 122 valence electrons. The van der Waals surface area contributed by atoms with Crippen LogP contribution in [-0.2, 0) is 14.3 Å². The van der Waals surface area contributed by atoms with E-state index >= 15 is 0 Å². The van der Waals surface area contributed by atoms with Crippen molar-refractivity contribution < 1.29 is 19.4 Å². The largest absolute Gasteiger partial charge is 0.479 e. The minimum Gasteiger partial charge on any atom is -0.479 e. The van der Waals surface area contributed by atoms with Crippen molar-refractivity contribution in [2.75, 3.05) is 5.73 Å². The molecule has 0 spiro atoms. The van der Waals surface area contributed by atoms with Crippen molar-refractivity contribution in [1.82, 2.24) is 5.32 Å². The number of anilines is 1. The van der Waals surface area contributed by atoms with Crippen LogP contribution in [0.25, 0.3) is 0 Å². The number of carbonyl (C=O) groups excluding carboxylic acids is 1. The number of nitrogens with two attached hydrogens (primary N) is 1. The average Bonchev–Trinajstić information content (AvgIpc) is 2.37. The maximum Gasteiger partial charge on any atom is 0.335 e. The maximum absolute atomic E-state index is 11.5. The van der Waals surface area contributed by atoms with Gasteiger partial charge in [-0.3, -0.25) is 4.79 Å². The van der Waals surface area contributed by atoms with E-state index in [0.29, 0.717) is 22.0 Å². The molecule has 8 heteroatoms. The van der Waals surface area contributed by atoms with Crippen molar-refractivity contribution in [1.29, 1.82) is 0 Å². The first-order valence-electron chi connectivity index (χ1n) is 6.46. The van der Waals surface area contributed by atoms with E-state index in [1.807, 2.05) is 0 Å². The van der Waals surface area contributed by atoms with Crippen molar-refractivity contribution in [2.45, 2.75) is 42.7 Å². The molecule has 1 amide bonds. The molecule has 0 aromatic heterocycles. The molecule has 0 saturated carbocycles. The van der Waals surface area contributed by atoms with Crippen LogP contribution in [-0.4, -0.2) is 34.6 Å². The Labute approximate surface area is 138 Å². The molecule has 0 aliphatic heterocycles. The van der Waals surface area contributed by atoms with Gasteiger partial charge in [-0.2, -0.15) is 0 Å². The lowest BCUT2D eigenvalue weighted by atomic mass is 10.2. The van der Waals surface area contributed by atoms with Gasteiger partial charge >= 0.3 is 5.97 Å². The van der Waals surface area contributed by atoms with Gasteiger partial charge in [0.1, 0.15) is 5.37 Å². The van der Waals surface area contributed by atoms with Gasteiger partial charge in [0.25, 0.3) is 0 Å². The number of nitrogens with one attached hydrogen (secondary N) is 1. The molecule has 0 aliphatic rings. The molecule has 0 radical (unpaired) electrons. The zero-order chi connectivity index (χ0) is 16.9. The predicted molar refractivity (Wildman–Crippen MR) is 87.0 cm³/mol. The van der Waals surface area contributed by atoms with Crippen LogP contribution in [0.15, 0.2) is 23.1 Å². The second-order valence-corrected chi connectivity index (χ2v) is 7.11. The predicted octanol–water partition coefficient (Wildman–Crippen LogP) is 2.35. The van der Waals surface area contributed by atoms with Gasteiger partial charge in [-0.1, -0.05) is 23.4 Å². The highest BCUT2D eigenvalue weighted by Gasteiger charge is 2.34. The van der Waals surface area contributed by atoms with Crippen LogP contribution in [0.1, 0.15) is 20.8 Å². The minimum atomic E-state index is -1.23.